The van der Waals surface area contributed by atoms with Gasteiger partial charge in [0.2, 0.25) is 0 Å². The van der Waals surface area contributed by atoms with Crippen LogP contribution in [0, 0.1) is 0 Å². The molecule has 0 aromatic carbocycles. The Morgan fingerprint density at radius 1 is 1.44 bits per heavy atom. The van der Waals surface area contributed by atoms with Gasteiger partial charge in [-0.3, -0.25) is 0 Å². The fourth-order valence-electron chi connectivity index (χ4n) is 0.183. The fraction of sp³-hybridized carbons (Fsp3) is 1.00. The van der Waals surface area contributed by atoms with Crippen molar-refractivity contribution in [2.24, 2.45) is 0 Å². The maximum atomic E-state index is 9.81. The van der Waals surface area contributed by atoms with Crippen molar-refractivity contribution in [2.45, 2.75) is 0 Å². The van der Waals surface area contributed by atoms with Crippen molar-refractivity contribution in [1.82, 2.24) is 4.31 Å². The molecular weight excluding hydrogens is 189 g/mol. The van der Waals surface area contributed by atoms with E-state index in [-0.39, 0.29) is 62.4 Å². The molecule has 0 radical (unpaired) electrons. The Labute approximate surface area is 101 Å². The molecule has 0 unspecified atom stereocenters. The van der Waals surface area contributed by atoms with Crippen LogP contribution in [0.4, 0.5) is 0 Å². The van der Waals surface area contributed by atoms with Gasteiger partial charge in [0, 0.05) is 11.0 Å². The molecule has 7 heteroatoms. The van der Waals surface area contributed by atoms with E-state index in [4.69, 9.17) is 0 Å². The van der Waals surface area contributed by atoms with Crippen molar-refractivity contribution < 1.29 is 64.4 Å². The molecule has 0 aliphatic heterocycles. The van der Waals surface area contributed by atoms with Gasteiger partial charge in [-0.25, -0.2) is 12.7 Å². The summed E-state index contributed by atoms with van der Waals surface area (Å²) in [5.41, 5.74) is 0. The van der Waals surface area contributed by atoms with Crippen LogP contribution in [-0.2, 0) is 9.15 Å². The first-order chi connectivity index (χ1) is 3.42. The summed E-state index contributed by atoms with van der Waals surface area (Å²) in [6.45, 7) is 0. The number of hydrogen-bond acceptors (Lipinski definition) is 5. The Bertz CT molecular complexity index is 153. The molecule has 0 aromatic heterocycles. The summed E-state index contributed by atoms with van der Waals surface area (Å²) in [5, 5.41) is 0. The molecule has 50 valence electrons. The second kappa shape index (κ2) is 5.50. The van der Waals surface area contributed by atoms with E-state index in [1.165, 1.54) is 18.4 Å². The van der Waals surface area contributed by atoms with E-state index in [1.807, 2.05) is 0 Å². The number of nitrogens with zero attached hydrogens (tertiary/aromatic N) is 1. The normalized spacial score (nSPS) is 11.1. The van der Waals surface area contributed by atoms with E-state index in [2.05, 4.69) is 0 Å². The molecule has 0 aliphatic rings. The van der Waals surface area contributed by atoms with Crippen LogP contribution in [0.1, 0.15) is 0 Å². The molecular formula is C2H6KNO3S2. The number of hydrogen-bond donors (Lipinski definition) is 0. The Hall–Kier alpha value is 1.86. The average molecular weight is 195 g/mol. The van der Waals surface area contributed by atoms with E-state index in [0.717, 1.165) is 0 Å². The minimum Gasteiger partial charge on any atom is -0.738 e. The Kier molecular flexibility index (Phi) is 8.22. The van der Waals surface area contributed by atoms with Crippen LogP contribution >= 0.6 is 11.0 Å². The molecule has 0 spiro atoms. The predicted molar refractivity (Wildman–Crippen MR) is 31.0 cm³/mol. The van der Waals surface area contributed by atoms with Crippen LogP contribution in [0.3, 0.4) is 0 Å². The van der Waals surface area contributed by atoms with Crippen LogP contribution in [0.2, 0.25) is 0 Å². The quantitative estimate of drug-likeness (QED) is 0.199. The topological polar surface area (TPSA) is 60.4 Å². The smallest absolute Gasteiger partial charge is 0.738 e. The zero-order valence-corrected chi connectivity index (χ0v) is 10.2. The Morgan fingerprint density at radius 3 is 1.78 bits per heavy atom. The molecule has 0 heterocycles. The Morgan fingerprint density at radius 2 is 1.78 bits per heavy atom. The van der Waals surface area contributed by atoms with Gasteiger partial charge in [-0.15, -0.1) is 0 Å². The first kappa shape index (κ1) is 13.4. The fourth-order valence-corrected chi connectivity index (χ4v) is 1.64. The van der Waals surface area contributed by atoms with Crippen molar-refractivity contribution in [3.8, 4) is 0 Å². The van der Waals surface area contributed by atoms with Crippen molar-refractivity contribution in [3.63, 3.8) is 0 Å². The van der Waals surface area contributed by atoms with Gasteiger partial charge < -0.3 is 4.55 Å². The standard InChI is InChI=1S/C2H7NO3S2.K/c1-3(2)7-8(4,5)6;/h1-2H3,(H,4,5,6);/q;+1/p-1. The van der Waals surface area contributed by atoms with E-state index in [1.54, 1.807) is 0 Å². The molecule has 9 heavy (non-hydrogen) atoms. The molecule has 0 atom stereocenters. The molecule has 0 amide bonds. The minimum absolute atomic E-state index is 0. The summed E-state index contributed by atoms with van der Waals surface area (Å²) in [6, 6.07) is 0. The third-order valence-electron chi connectivity index (χ3n) is 0.240. The SMILES string of the molecule is CN(C)SS(=O)(=O)[O-].[K+]. The van der Waals surface area contributed by atoms with Gasteiger partial charge in [-0.1, -0.05) is 0 Å². The van der Waals surface area contributed by atoms with E-state index in [0.29, 0.717) is 0 Å². The summed E-state index contributed by atoms with van der Waals surface area (Å²) in [7, 11) is -0.897. The third kappa shape index (κ3) is 12.9. The summed E-state index contributed by atoms with van der Waals surface area (Å²) in [6.07, 6.45) is 0. The van der Waals surface area contributed by atoms with Gasteiger partial charge in [0.1, 0.15) is 0 Å². The minimum atomic E-state index is -4.13. The van der Waals surface area contributed by atoms with Gasteiger partial charge in [0.25, 0.3) is 0 Å². The first-order valence-electron chi connectivity index (χ1n) is 1.74. The molecule has 0 N–H and O–H groups in total. The van der Waals surface area contributed by atoms with Crippen LogP contribution in [-0.4, -0.2) is 31.4 Å². The molecule has 0 aliphatic carbocycles. The van der Waals surface area contributed by atoms with E-state index in [9.17, 15) is 13.0 Å². The second-order valence-electron chi connectivity index (χ2n) is 1.30. The van der Waals surface area contributed by atoms with Crippen LogP contribution in [0.15, 0.2) is 0 Å². The summed E-state index contributed by atoms with van der Waals surface area (Å²) >= 11 is 0. The zero-order chi connectivity index (χ0) is 6.78. The van der Waals surface area contributed by atoms with Crippen molar-refractivity contribution >= 4 is 20.1 Å². The molecule has 0 saturated heterocycles. The number of rotatable bonds is 2. The molecule has 0 rings (SSSR count). The van der Waals surface area contributed by atoms with E-state index < -0.39 is 9.15 Å². The van der Waals surface area contributed by atoms with Crippen LogP contribution < -0.4 is 51.4 Å². The van der Waals surface area contributed by atoms with Gasteiger partial charge in [0.15, 0.2) is 9.15 Å². The average Bonchev–Trinajstić information content (AvgIpc) is 1.21. The third-order valence-corrected chi connectivity index (χ3v) is 2.16. The molecule has 0 saturated carbocycles. The first-order valence-corrected chi connectivity index (χ1v) is 4.44. The van der Waals surface area contributed by atoms with Crippen molar-refractivity contribution in [2.75, 3.05) is 14.1 Å². The van der Waals surface area contributed by atoms with Gasteiger partial charge in [0.05, 0.1) is 0 Å². The van der Waals surface area contributed by atoms with E-state index >= 15 is 0 Å². The summed E-state index contributed by atoms with van der Waals surface area (Å²) in [5.74, 6) is 0. The molecule has 4 nitrogen and oxygen atoms in total. The van der Waals surface area contributed by atoms with Crippen LogP contribution in [0.25, 0.3) is 0 Å². The van der Waals surface area contributed by atoms with Gasteiger partial charge in [-0.2, -0.15) is 0 Å². The maximum absolute atomic E-state index is 9.81. The summed E-state index contributed by atoms with van der Waals surface area (Å²) < 4.78 is 30.6. The molecule has 0 fully saturated rings. The monoisotopic (exact) mass is 195 g/mol. The molecule has 0 bridgehead atoms. The van der Waals surface area contributed by atoms with Crippen LogP contribution in [0.5, 0.6) is 0 Å². The Balaban J connectivity index is 0. The maximum Gasteiger partial charge on any atom is 1.00 e. The zero-order valence-electron chi connectivity index (χ0n) is 5.49. The van der Waals surface area contributed by atoms with Gasteiger partial charge in [-0.05, 0) is 14.1 Å². The van der Waals surface area contributed by atoms with Gasteiger partial charge >= 0.3 is 51.4 Å². The van der Waals surface area contributed by atoms with Crippen molar-refractivity contribution in [3.05, 3.63) is 0 Å². The summed E-state index contributed by atoms with van der Waals surface area (Å²) in [4.78, 5) is 0. The molecule has 0 aromatic rings. The van der Waals surface area contributed by atoms with Crippen molar-refractivity contribution in [1.29, 1.82) is 0 Å². The second-order valence-corrected chi connectivity index (χ2v) is 4.66. The largest absolute Gasteiger partial charge is 1.00 e. The predicted octanol–water partition coefficient (Wildman–Crippen LogP) is -3.34.